The van der Waals surface area contributed by atoms with Crippen LogP contribution in [0.3, 0.4) is 0 Å². The zero-order valence-corrected chi connectivity index (χ0v) is 40.7. The van der Waals surface area contributed by atoms with Crippen molar-refractivity contribution in [1.82, 2.24) is 15.0 Å². The molecule has 1 aliphatic rings. The number of aliphatic imine (C=N–C) groups is 1. The average Bonchev–Trinajstić information content (AvgIpc) is 3.95. The molecule has 366 valence electrons. The Balaban J connectivity index is 0.000000153. The second kappa shape index (κ2) is 27.8. The standard InChI is InChI=1S/C21H18N2O4S.C18H14N2O2.C10H6N2O.C8H9ClO/c24-21(25)19-12-28-20(23-19)18-8-6-15-10-16(7-9-17(15)22-18)27-13-26-11-14-4-2-1-3-5-14;19-11-16-7-6-15-10-17(8-9-18(15)20-16)22-13-21-12-14-4-2-1-3-5-14;11-6-8-2-1-7-5-9(13)3-4-10(7)12-8;9-7-10-6-8-4-2-1-3-5-8/h1-10,19H,11-13H2,(H,24,25);1-10H,12-13H2;1-5,13H;1-5H,6-7H2/t19-;;;/m1.../s1. The number of carboxylic acids is 1. The predicted molar refractivity (Wildman–Crippen MR) is 282 cm³/mol. The van der Waals surface area contributed by atoms with Gasteiger partial charge in [-0.3, -0.25) is 4.99 Å². The number of fused-ring (bicyclic) bond motifs is 3. The minimum absolute atomic E-state index is 0.163. The third-order valence-corrected chi connectivity index (χ3v) is 11.6. The first kappa shape index (κ1) is 52.4. The number of carbonyl (C=O) groups is 1. The number of aromatic nitrogens is 3. The number of halogens is 1. The zero-order valence-electron chi connectivity index (χ0n) is 39.2. The van der Waals surface area contributed by atoms with Crippen molar-refractivity contribution in [3.63, 3.8) is 0 Å². The molecule has 1 atom stereocenters. The van der Waals surface area contributed by atoms with Crippen molar-refractivity contribution in [3.05, 3.63) is 216 Å². The minimum atomic E-state index is -0.903. The van der Waals surface area contributed by atoms with Crippen LogP contribution in [0.15, 0.2) is 187 Å². The van der Waals surface area contributed by atoms with Crippen LogP contribution in [0, 0.1) is 22.7 Å². The molecule has 0 radical (unpaired) electrons. The SMILES string of the molecule is ClCOCc1ccccc1.N#Cc1ccc2cc(O)ccc2n1.N#Cc1ccc2cc(OCOCc3ccccc3)ccc2n1.O=C(O)[C@H]1CSC(c2ccc3cc(OCOCc4ccccc4)ccc3n2)=N1. The minimum Gasteiger partial charge on any atom is -0.508 e. The molecule has 2 N–H and O–H groups in total. The summed E-state index contributed by atoms with van der Waals surface area (Å²) in [6, 6.07) is 60.1. The Morgan fingerprint density at radius 3 is 1.49 bits per heavy atom. The van der Waals surface area contributed by atoms with E-state index in [1.54, 1.807) is 36.4 Å². The fourth-order valence-electron chi connectivity index (χ4n) is 6.80. The van der Waals surface area contributed by atoms with E-state index in [2.05, 4.69) is 19.9 Å². The Bertz CT molecular complexity index is 3340. The Labute approximate surface area is 430 Å². The van der Waals surface area contributed by atoms with Gasteiger partial charge in [0.15, 0.2) is 19.6 Å². The molecule has 14 nitrogen and oxygen atoms in total. The van der Waals surface area contributed by atoms with Gasteiger partial charge in [-0.2, -0.15) is 10.5 Å². The van der Waals surface area contributed by atoms with Crippen molar-refractivity contribution >= 4 is 67.1 Å². The summed E-state index contributed by atoms with van der Waals surface area (Å²) in [6.07, 6.45) is 0. The van der Waals surface area contributed by atoms with Gasteiger partial charge >= 0.3 is 5.97 Å². The predicted octanol–water partition coefficient (Wildman–Crippen LogP) is 11.6. The van der Waals surface area contributed by atoms with Crippen LogP contribution in [0.25, 0.3) is 32.7 Å². The largest absolute Gasteiger partial charge is 0.508 e. The normalized spacial score (nSPS) is 12.4. The number of aromatic hydroxyl groups is 1. The van der Waals surface area contributed by atoms with Crippen LogP contribution in [0.5, 0.6) is 17.2 Å². The molecule has 4 heterocycles. The maximum absolute atomic E-state index is 11.1. The molecular formula is C57H47ClN6O8S. The summed E-state index contributed by atoms with van der Waals surface area (Å²) in [4.78, 5) is 28.2. The summed E-state index contributed by atoms with van der Waals surface area (Å²) in [6.45, 7) is 1.96. The molecule has 0 fully saturated rings. The number of ether oxygens (including phenoxy) is 5. The summed E-state index contributed by atoms with van der Waals surface area (Å²) >= 11 is 6.75. The van der Waals surface area contributed by atoms with E-state index in [4.69, 9.17) is 56.0 Å². The molecule has 0 spiro atoms. The van der Waals surface area contributed by atoms with Crippen molar-refractivity contribution in [3.8, 4) is 29.4 Å². The van der Waals surface area contributed by atoms with E-state index in [1.165, 1.54) is 11.8 Å². The third kappa shape index (κ3) is 16.6. The van der Waals surface area contributed by atoms with Crippen LogP contribution in [0.2, 0.25) is 0 Å². The fourth-order valence-corrected chi connectivity index (χ4v) is 7.87. The highest BCUT2D eigenvalue weighted by Crippen LogP contribution is 2.26. The van der Waals surface area contributed by atoms with Gasteiger partial charge in [0.2, 0.25) is 0 Å². The number of rotatable bonds is 15. The molecule has 0 aliphatic carbocycles. The average molecular weight is 1010 g/mol. The molecule has 0 unspecified atom stereocenters. The van der Waals surface area contributed by atoms with Crippen molar-refractivity contribution in [1.29, 1.82) is 10.5 Å². The van der Waals surface area contributed by atoms with E-state index < -0.39 is 12.0 Å². The number of nitriles is 2. The first-order valence-electron chi connectivity index (χ1n) is 22.6. The van der Waals surface area contributed by atoms with Gasteiger partial charge in [-0.15, -0.1) is 11.8 Å². The second-order valence-electron chi connectivity index (χ2n) is 15.6. The molecule has 0 bridgehead atoms. The summed E-state index contributed by atoms with van der Waals surface area (Å²) in [5.41, 5.74) is 7.15. The van der Waals surface area contributed by atoms with Crippen LogP contribution in [-0.4, -0.2) is 67.6 Å². The Kier molecular flexibility index (Phi) is 20.0. The fraction of sp³-hybridized carbons (Fsp3) is 0.140. The number of thioether (sulfide) groups is 1. The van der Waals surface area contributed by atoms with Gasteiger partial charge in [0.1, 0.15) is 51.9 Å². The molecule has 0 amide bonds. The topological polar surface area (TPSA) is 202 Å². The number of aliphatic carboxylic acids is 1. The highest BCUT2D eigenvalue weighted by Gasteiger charge is 2.26. The van der Waals surface area contributed by atoms with Crippen LogP contribution >= 0.6 is 23.4 Å². The lowest BCUT2D eigenvalue weighted by atomic mass is 10.2. The summed E-state index contributed by atoms with van der Waals surface area (Å²) in [7, 11) is 0. The number of phenolic OH excluding ortho intramolecular Hbond substituents is 1. The Morgan fingerprint density at radius 1 is 0.575 bits per heavy atom. The van der Waals surface area contributed by atoms with Gasteiger partial charge in [0.05, 0.1) is 42.1 Å². The summed E-state index contributed by atoms with van der Waals surface area (Å²) in [5, 5.41) is 39.0. The van der Waals surface area contributed by atoms with E-state index in [9.17, 15) is 4.79 Å². The van der Waals surface area contributed by atoms with Gasteiger partial charge in [-0.05, 0) is 102 Å². The summed E-state index contributed by atoms with van der Waals surface area (Å²) < 4.78 is 27.3. The molecule has 16 heteroatoms. The maximum Gasteiger partial charge on any atom is 0.329 e. The first-order chi connectivity index (χ1) is 35.8. The van der Waals surface area contributed by atoms with Gasteiger partial charge in [-0.25, -0.2) is 19.7 Å². The summed E-state index contributed by atoms with van der Waals surface area (Å²) in [5.74, 6) is 1.17. The smallest absolute Gasteiger partial charge is 0.329 e. The van der Waals surface area contributed by atoms with Crippen LogP contribution in [0.4, 0.5) is 0 Å². The highest BCUT2D eigenvalue weighted by atomic mass is 35.5. The van der Waals surface area contributed by atoms with Crippen LogP contribution < -0.4 is 9.47 Å². The number of alkyl halides is 1. The quantitative estimate of drug-likeness (QED) is 0.0558. The first-order valence-corrected chi connectivity index (χ1v) is 24.1. The van der Waals surface area contributed by atoms with Gasteiger partial charge in [0, 0.05) is 21.9 Å². The molecule has 0 saturated heterocycles. The van der Waals surface area contributed by atoms with E-state index >= 15 is 0 Å². The molecule has 9 aromatic rings. The lowest BCUT2D eigenvalue weighted by Crippen LogP contribution is -2.17. The van der Waals surface area contributed by atoms with Gasteiger partial charge < -0.3 is 33.9 Å². The van der Waals surface area contributed by atoms with Crippen molar-refractivity contribution < 1.29 is 38.7 Å². The molecule has 10 rings (SSSR count). The molecule has 1 aliphatic heterocycles. The number of hydrogen-bond donors (Lipinski definition) is 2. The lowest BCUT2D eigenvalue weighted by molar-refractivity contribution is -0.137. The van der Waals surface area contributed by atoms with Crippen LogP contribution in [0.1, 0.15) is 33.8 Å². The lowest BCUT2D eigenvalue weighted by Gasteiger charge is -2.09. The molecule has 73 heavy (non-hydrogen) atoms. The monoisotopic (exact) mass is 1010 g/mol. The van der Waals surface area contributed by atoms with Gasteiger partial charge in [0.25, 0.3) is 0 Å². The number of hydrogen-bond acceptors (Lipinski definition) is 14. The molecule has 0 saturated carbocycles. The Morgan fingerprint density at radius 2 is 1.03 bits per heavy atom. The number of carboxylic acid groups (broad SMARTS) is 1. The number of phenols is 1. The number of benzene rings is 6. The number of pyridine rings is 3. The number of nitrogens with zero attached hydrogens (tertiary/aromatic N) is 6. The van der Waals surface area contributed by atoms with Crippen molar-refractivity contribution in [2.45, 2.75) is 25.9 Å². The molecular weight excluding hydrogens is 964 g/mol. The second-order valence-corrected chi connectivity index (χ2v) is 16.9. The van der Waals surface area contributed by atoms with E-state index in [-0.39, 0.29) is 25.4 Å². The zero-order chi connectivity index (χ0) is 51.0. The molecule has 6 aromatic carbocycles. The van der Waals surface area contributed by atoms with Crippen molar-refractivity contribution in [2.24, 2.45) is 4.99 Å². The highest BCUT2D eigenvalue weighted by molar-refractivity contribution is 8.14. The van der Waals surface area contributed by atoms with E-state index in [0.29, 0.717) is 59.2 Å². The van der Waals surface area contributed by atoms with E-state index in [1.807, 2.05) is 158 Å². The third-order valence-electron chi connectivity index (χ3n) is 10.4. The molecule has 3 aromatic heterocycles. The van der Waals surface area contributed by atoms with Crippen molar-refractivity contribution in [2.75, 3.05) is 25.4 Å². The van der Waals surface area contributed by atoms with Gasteiger partial charge in [-0.1, -0.05) is 109 Å². The Hall–Kier alpha value is -8.41. The van der Waals surface area contributed by atoms with E-state index in [0.717, 1.165) is 49.4 Å². The maximum atomic E-state index is 11.1. The van der Waals surface area contributed by atoms with Crippen LogP contribution in [-0.2, 0) is 38.8 Å².